The first-order valence-corrected chi connectivity index (χ1v) is 9.21. The van der Waals surface area contributed by atoms with Crippen LogP contribution in [0.15, 0.2) is 36.9 Å². The van der Waals surface area contributed by atoms with Gasteiger partial charge in [-0.15, -0.1) is 0 Å². The molecule has 1 N–H and O–H groups in total. The number of hydrogen-bond acceptors (Lipinski definition) is 7. The predicted octanol–water partition coefficient (Wildman–Crippen LogP) is 0.384. The molecule has 0 radical (unpaired) electrons. The maximum absolute atomic E-state index is 12.8. The molecule has 8 nitrogen and oxygen atoms in total. The van der Waals surface area contributed by atoms with Crippen molar-refractivity contribution >= 4 is 11.9 Å². The number of carbonyl (C=O) groups is 1. The molecule has 2 aliphatic rings. The zero-order valence-corrected chi connectivity index (χ0v) is 15.1. The van der Waals surface area contributed by atoms with E-state index in [4.69, 9.17) is 4.74 Å². The zero-order chi connectivity index (χ0) is 18.6. The van der Waals surface area contributed by atoms with Crippen molar-refractivity contribution in [3.05, 3.63) is 48.0 Å². The summed E-state index contributed by atoms with van der Waals surface area (Å²) >= 11 is 0. The van der Waals surface area contributed by atoms with E-state index in [1.54, 1.807) is 29.7 Å². The Balaban J connectivity index is 1.39. The number of anilines is 1. The molecule has 2 aliphatic heterocycles. The number of morpholine rings is 1. The van der Waals surface area contributed by atoms with E-state index in [1.807, 2.05) is 17.0 Å². The largest absolute Gasteiger partial charge is 0.391 e. The maximum atomic E-state index is 12.8. The topological polar surface area (TPSA) is 91.7 Å². The number of aromatic nitrogens is 3. The van der Waals surface area contributed by atoms with Crippen molar-refractivity contribution in [3.8, 4) is 0 Å². The lowest BCUT2D eigenvalue weighted by Gasteiger charge is -2.26. The number of rotatable bonds is 4. The molecule has 2 atom stereocenters. The van der Waals surface area contributed by atoms with Crippen LogP contribution in [-0.4, -0.2) is 76.4 Å². The minimum atomic E-state index is -0.532. The van der Waals surface area contributed by atoms with Crippen molar-refractivity contribution in [1.82, 2.24) is 19.9 Å². The lowest BCUT2D eigenvalue weighted by Crippen LogP contribution is -2.37. The van der Waals surface area contributed by atoms with Gasteiger partial charge >= 0.3 is 0 Å². The van der Waals surface area contributed by atoms with E-state index in [2.05, 4.69) is 15.0 Å². The van der Waals surface area contributed by atoms with E-state index in [0.29, 0.717) is 37.8 Å². The molecule has 0 unspecified atom stereocenters. The van der Waals surface area contributed by atoms with E-state index in [-0.39, 0.29) is 11.8 Å². The monoisotopic (exact) mass is 369 g/mol. The Kier molecular flexibility index (Phi) is 5.26. The first-order chi connectivity index (χ1) is 13.2. The Labute approximate surface area is 157 Å². The van der Waals surface area contributed by atoms with Crippen molar-refractivity contribution < 1.29 is 14.6 Å². The van der Waals surface area contributed by atoms with Crippen molar-refractivity contribution in [2.75, 3.05) is 44.3 Å². The predicted molar refractivity (Wildman–Crippen MR) is 98.4 cm³/mol. The summed E-state index contributed by atoms with van der Waals surface area (Å²) in [6, 6.07) is 3.88. The molecule has 2 fully saturated rings. The number of nitrogens with zero attached hydrogens (tertiary/aromatic N) is 5. The van der Waals surface area contributed by atoms with Gasteiger partial charge in [0, 0.05) is 56.9 Å². The minimum absolute atomic E-state index is 0.0184. The number of ether oxygens (including phenoxy) is 1. The summed E-state index contributed by atoms with van der Waals surface area (Å²) in [7, 11) is 0. The van der Waals surface area contributed by atoms with Crippen LogP contribution in [0.2, 0.25) is 0 Å². The van der Waals surface area contributed by atoms with Crippen LogP contribution >= 0.6 is 0 Å². The number of β-amino-alcohol motifs (C(OH)–C–C–N with tert-alkyl or cyclic N) is 1. The average Bonchev–Trinajstić information content (AvgIpc) is 3.09. The van der Waals surface area contributed by atoms with E-state index in [0.717, 1.165) is 25.1 Å². The molecule has 2 aromatic rings. The number of amides is 1. The van der Waals surface area contributed by atoms with E-state index < -0.39 is 6.10 Å². The molecule has 0 aromatic carbocycles. The highest BCUT2D eigenvalue weighted by molar-refractivity contribution is 5.94. The second-order valence-electron chi connectivity index (χ2n) is 6.97. The van der Waals surface area contributed by atoms with Crippen LogP contribution in [0.5, 0.6) is 0 Å². The van der Waals surface area contributed by atoms with Crippen molar-refractivity contribution in [2.24, 2.45) is 5.92 Å². The highest BCUT2D eigenvalue weighted by atomic mass is 16.5. The van der Waals surface area contributed by atoms with Crippen LogP contribution in [0.1, 0.15) is 15.9 Å². The molecule has 4 heterocycles. The highest BCUT2D eigenvalue weighted by Gasteiger charge is 2.34. The zero-order valence-electron chi connectivity index (χ0n) is 15.1. The van der Waals surface area contributed by atoms with Crippen LogP contribution in [0.3, 0.4) is 0 Å². The fourth-order valence-corrected chi connectivity index (χ4v) is 3.58. The van der Waals surface area contributed by atoms with Gasteiger partial charge in [0.25, 0.3) is 5.91 Å². The average molecular weight is 369 g/mol. The number of likely N-dealkylation sites (tertiary alicyclic amines) is 1. The van der Waals surface area contributed by atoms with Crippen molar-refractivity contribution in [2.45, 2.75) is 12.5 Å². The van der Waals surface area contributed by atoms with E-state index in [1.165, 1.54) is 0 Å². The van der Waals surface area contributed by atoms with Gasteiger partial charge in [0.2, 0.25) is 5.95 Å². The van der Waals surface area contributed by atoms with Gasteiger partial charge in [0.15, 0.2) is 0 Å². The summed E-state index contributed by atoms with van der Waals surface area (Å²) < 4.78 is 5.33. The molecule has 0 spiro atoms. The second-order valence-corrected chi connectivity index (χ2v) is 6.97. The summed E-state index contributed by atoms with van der Waals surface area (Å²) in [5.41, 5.74) is 1.56. The Morgan fingerprint density at radius 2 is 1.85 bits per heavy atom. The first-order valence-electron chi connectivity index (χ1n) is 9.21. The van der Waals surface area contributed by atoms with Gasteiger partial charge in [-0.2, -0.15) is 0 Å². The van der Waals surface area contributed by atoms with Crippen LogP contribution in [-0.2, 0) is 11.2 Å². The van der Waals surface area contributed by atoms with Gasteiger partial charge in [0.1, 0.15) is 0 Å². The summed E-state index contributed by atoms with van der Waals surface area (Å²) in [6.45, 7) is 3.68. The number of hydrogen-bond donors (Lipinski definition) is 1. The number of aliphatic hydroxyl groups excluding tert-OH is 1. The third-order valence-corrected chi connectivity index (χ3v) is 5.12. The van der Waals surface area contributed by atoms with Crippen LogP contribution in [0.25, 0.3) is 0 Å². The molecular formula is C19H23N5O3. The van der Waals surface area contributed by atoms with Crippen LogP contribution < -0.4 is 4.90 Å². The van der Waals surface area contributed by atoms with Crippen LogP contribution in [0, 0.1) is 5.92 Å². The Morgan fingerprint density at radius 1 is 1.15 bits per heavy atom. The third kappa shape index (κ3) is 4.06. The Bertz CT molecular complexity index is 765. The quantitative estimate of drug-likeness (QED) is 0.833. The van der Waals surface area contributed by atoms with Gasteiger partial charge in [-0.05, 0) is 24.1 Å². The van der Waals surface area contributed by atoms with Crippen molar-refractivity contribution in [1.29, 1.82) is 0 Å². The molecule has 4 rings (SSSR count). The Morgan fingerprint density at radius 3 is 2.56 bits per heavy atom. The summed E-state index contributed by atoms with van der Waals surface area (Å²) in [5, 5.41) is 10.4. The van der Waals surface area contributed by atoms with Gasteiger partial charge < -0.3 is 19.6 Å². The van der Waals surface area contributed by atoms with Gasteiger partial charge in [-0.25, -0.2) is 9.97 Å². The van der Waals surface area contributed by atoms with Gasteiger partial charge in [-0.3, -0.25) is 9.78 Å². The molecule has 0 bridgehead atoms. The molecule has 8 heteroatoms. The normalized spacial score (nSPS) is 22.9. The number of aliphatic hydroxyl groups is 1. The molecule has 2 saturated heterocycles. The lowest BCUT2D eigenvalue weighted by atomic mass is 9.97. The minimum Gasteiger partial charge on any atom is -0.391 e. The molecule has 1 amide bonds. The SMILES string of the molecule is O=C(c1cnc(N2CCOCC2)nc1)N1C[C@@H](Cc2ccncc2)[C@@H](O)C1. The van der Waals surface area contributed by atoms with Crippen LogP contribution in [0.4, 0.5) is 5.95 Å². The highest BCUT2D eigenvalue weighted by Crippen LogP contribution is 2.23. The third-order valence-electron chi connectivity index (χ3n) is 5.12. The summed E-state index contributed by atoms with van der Waals surface area (Å²) in [4.78, 5) is 29.2. The summed E-state index contributed by atoms with van der Waals surface area (Å²) in [5.74, 6) is 0.497. The fourth-order valence-electron chi connectivity index (χ4n) is 3.58. The van der Waals surface area contributed by atoms with E-state index >= 15 is 0 Å². The molecule has 0 aliphatic carbocycles. The molecule has 2 aromatic heterocycles. The number of carbonyl (C=O) groups excluding carboxylic acids is 1. The number of pyridine rings is 1. The smallest absolute Gasteiger partial charge is 0.257 e. The van der Waals surface area contributed by atoms with E-state index in [9.17, 15) is 9.90 Å². The second kappa shape index (κ2) is 7.98. The molecule has 0 saturated carbocycles. The fraction of sp³-hybridized carbons (Fsp3) is 0.474. The standard InChI is InChI=1S/C19H23N5O3/c25-17-13-24(12-15(17)9-14-1-3-20-4-2-14)18(26)16-10-21-19(22-11-16)23-5-7-27-8-6-23/h1-4,10-11,15,17,25H,5-9,12-13H2/t15-,17+/m1/s1. The Hall–Kier alpha value is -2.58. The molecule has 142 valence electrons. The molecule has 27 heavy (non-hydrogen) atoms. The summed E-state index contributed by atoms with van der Waals surface area (Å²) in [6.07, 6.45) is 6.82. The lowest BCUT2D eigenvalue weighted by molar-refractivity contribution is 0.0763. The first kappa shape index (κ1) is 17.8. The van der Waals surface area contributed by atoms with Gasteiger partial charge in [0.05, 0.1) is 24.9 Å². The molecular weight excluding hydrogens is 346 g/mol. The van der Waals surface area contributed by atoms with Gasteiger partial charge in [-0.1, -0.05) is 0 Å². The van der Waals surface area contributed by atoms with Crippen molar-refractivity contribution in [3.63, 3.8) is 0 Å². The maximum Gasteiger partial charge on any atom is 0.257 e.